The molecule has 0 saturated carbocycles. The van der Waals surface area contributed by atoms with Gasteiger partial charge in [0.2, 0.25) is 5.88 Å². The average Bonchev–Trinajstić information content (AvgIpc) is 3.18. The van der Waals surface area contributed by atoms with Crippen molar-refractivity contribution in [2.75, 3.05) is 7.11 Å². The molecule has 6 nitrogen and oxygen atoms in total. The topological polar surface area (TPSA) is 62.5 Å². The molecule has 0 fully saturated rings. The summed E-state index contributed by atoms with van der Waals surface area (Å²) in [7, 11) is 1.50. The second kappa shape index (κ2) is 7.40. The first-order valence-corrected chi connectivity index (χ1v) is 9.43. The van der Waals surface area contributed by atoms with Crippen LogP contribution in [0.3, 0.4) is 0 Å². The number of benzene rings is 1. The van der Waals surface area contributed by atoms with Crippen LogP contribution in [0.4, 0.5) is 0 Å². The van der Waals surface area contributed by atoms with Crippen molar-refractivity contribution in [3.63, 3.8) is 0 Å². The third-order valence-corrected chi connectivity index (χ3v) is 4.82. The Bertz CT molecular complexity index is 1060. The van der Waals surface area contributed by atoms with Crippen molar-refractivity contribution in [3.8, 4) is 34.6 Å². The van der Waals surface area contributed by atoms with Gasteiger partial charge < -0.3 is 9.47 Å². The second-order valence-corrected chi connectivity index (χ2v) is 8.04. The second-order valence-electron chi connectivity index (χ2n) is 7.63. The van der Waals surface area contributed by atoms with Gasteiger partial charge in [0, 0.05) is 18.7 Å². The highest BCUT2D eigenvalue weighted by molar-refractivity contribution is 6.34. The Balaban J connectivity index is 2.27. The van der Waals surface area contributed by atoms with Crippen molar-refractivity contribution in [3.05, 3.63) is 33.1 Å². The molecule has 1 aliphatic rings. The minimum absolute atomic E-state index is 0.206. The minimum Gasteiger partial charge on any atom is -0.496 e. The summed E-state index contributed by atoms with van der Waals surface area (Å²) in [6.07, 6.45) is 0.797. The molecule has 1 aromatic carbocycles. The van der Waals surface area contributed by atoms with E-state index in [1.54, 1.807) is 49.2 Å². The quantitative estimate of drug-likeness (QED) is 0.580. The van der Waals surface area contributed by atoms with Crippen molar-refractivity contribution in [2.24, 2.45) is 5.41 Å². The van der Waals surface area contributed by atoms with Crippen molar-refractivity contribution in [2.45, 2.75) is 47.2 Å². The van der Waals surface area contributed by atoms with E-state index in [2.05, 4.69) is 11.8 Å². The zero-order valence-corrected chi connectivity index (χ0v) is 17.4. The van der Waals surface area contributed by atoms with Crippen molar-refractivity contribution in [1.82, 2.24) is 9.36 Å². The van der Waals surface area contributed by atoms with Gasteiger partial charge in [0.05, 0.1) is 23.1 Å². The number of halogens is 1. The monoisotopic (exact) mass is 402 g/mol. The van der Waals surface area contributed by atoms with E-state index in [4.69, 9.17) is 21.1 Å². The number of carbonyl (C=O) groups excluding carboxylic acids is 1. The lowest BCUT2D eigenvalue weighted by atomic mass is 9.97. The van der Waals surface area contributed by atoms with Crippen LogP contribution < -0.4 is 15.0 Å². The first-order valence-electron chi connectivity index (χ1n) is 9.05. The normalized spacial score (nSPS) is 12.9. The number of esters is 1. The molecule has 7 heteroatoms. The number of fused-ring (bicyclic) bond motifs is 1. The number of hydrogen-bond donors (Lipinski definition) is 0. The van der Waals surface area contributed by atoms with E-state index in [-0.39, 0.29) is 17.0 Å². The first-order chi connectivity index (χ1) is 13.2. The van der Waals surface area contributed by atoms with Gasteiger partial charge in [0.1, 0.15) is 11.3 Å². The Labute approximate surface area is 169 Å². The Morgan fingerprint density at radius 3 is 2.46 bits per heavy atom. The van der Waals surface area contributed by atoms with Crippen LogP contribution in [0.25, 0.3) is 11.1 Å². The lowest BCUT2D eigenvalue weighted by molar-refractivity contribution is -0.143. The van der Waals surface area contributed by atoms with Crippen LogP contribution in [0.1, 0.15) is 39.7 Å². The van der Waals surface area contributed by atoms with Gasteiger partial charge >= 0.3 is 5.97 Å². The summed E-state index contributed by atoms with van der Waals surface area (Å²) < 4.78 is 14.5. The molecule has 0 aliphatic carbocycles. The summed E-state index contributed by atoms with van der Waals surface area (Å²) in [6, 6.07) is 3.40. The van der Waals surface area contributed by atoms with Crippen LogP contribution in [0, 0.1) is 17.3 Å². The summed E-state index contributed by atoms with van der Waals surface area (Å²) >= 11 is 6.53. The molecular weight excluding hydrogens is 380 g/mol. The molecule has 28 heavy (non-hydrogen) atoms. The SMILES string of the molecule is CC#Cc1cc(Cl)c(-c2c(OC(=O)C(C)(C)C)n3n(c2=O)CCC3)c(OC)c1. The van der Waals surface area contributed by atoms with E-state index in [9.17, 15) is 9.59 Å². The molecule has 2 heterocycles. The molecule has 3 rings (SSSR count). The van der Waals surface area contributed by atoms with Crippen molar-refractivity contribution >= 4 is 17.6 Å². The van der Waals surface area contributed by atoms with E-state index in [0.29, 0.717) is 35.0 Å². The van der Waals surface area contributed by atoms with Crippen LogP contribution in [0.2, 0.25) is 5.02 Å². The highest BCUT2D eigenvalue weighted by Crippen LogP contribution is 2.41. The lowest BCUT2D eigenvalue weighted by Gasteiger charge is -2.18. The first kappa shape index (κ1) is 20.1. The molecule has 0 unspecified atom stereocenters. The summed E-state index contributed by atoms with van der Waals surface area (Å²) in [6.45, 7) is 8.16. The third kappa shape index (κ3) is 3.43. The standard InChI is InChI=1S/C21H23ClN2O4/c1-6-8-13-11-14(22)16(15(12-13)27-5)17-18(25)23-9-7-10-24(23)19(17)28-20(26)21(2,3)4/h11-12H,7,9-10H2,1-5H3. The molecule has 0 N–H and O–H groups in total. The molecule has 0 atom stereocenters. The van der Waals surface area contributed by atoms with Gasteiger partial charge in [0.15, 0.2) is 0 Å². The van der Waals surface area contributed by atoms with Gasteiger partial charge in [-0.1, -0.05) is 17.5 Å². The van der Waals surface area contributed by atoms with E-state index < -0.39 is 11.4 Å². The fourth-order valence-corrected chi connectivity index (χ4v) is 3.45. The van der Waals surface area contributed by atoms with Crippen molar-refractivity contribution < 1.29 is 14.3 Å². The Hall–Kier alpha value is -2.65. The Morgan fingerprint density at radius 1 is 1.18 bits per heavy atom. The molecule has 2 aromatic rings. The molecule has 0 radical (unpaired) electrons. The number of hydrogen-bond acceptors (Lipinski definition) is 4. The predicted octanol–water partition coefficient (Wildman–Crippen LogP) is 3.71. The lowest BCUT2D eigenvalue weighted by Crippen LogP contribution is -2.26. The number of carbonyl (C=O) groups is 1. The molecular formula is C21H23ClN2O4. The molecule has 1 aromatic heterocycles. The highest BCUT2D eigenvalue weighted by Gasteiger charge is 2.33. The number of methoxy groups -OCH3 is 1. The van der Waals surface area contributed by atoms with Gasteiger partial charge in [-0.25, -0.2) is 4.68 Å². The summed E-state index contributed by atoms with van der Waals surface area (Å²) in [5, 5.41) is 0.312. The molecule has 1 aliphatic heterocycles. The zero-order valence-electron chi connectivity index (χ0n) is 16.7. The maximum Gasteiger partial charge on any atom is 0.317 e. The van der Waals surface area contributed by atoms with Crippen LogP contribution in [-0.2, 0) is 17.9 Å². The number of nitrogens with zero attached hydrogens (tertiary/aromatic N) is 2. The van der Waals surface area contributed by atoms with E-state index in [1.165, 1.54) is 7.11 Å². The number of ether oxygens (including phenoxy) is 2. The molecule has 0 saturated heterocycles. The number of rotatable bonds is 3. The van der Waals surface area contributed by atoms with Crippen LogP contribution in [0.15, 0.2) is 16.9 Å². The van der Waals surface area contributed by atoms with Gasteiger partial charge in [-0.05, 0) is 46.2 Å². The number of aromatic nitrogens is 2. The molecule has 0 amide bonds. The van der Waals surface area contributed by atoms with E-state index >= 15 is 0 Å². The summed E-state index contributed by atoms with van der Waals surface area (Å²) in [4.78, 5) is 25.7. The Morgan fingerprint density at radius 2 is 1.86 bits per heavy atom. The third-order valence-electron chi connectivity index (χ3n) is 4.52. The maximum atomic E-state index is 13.2. The van der Waals surface area contributed by atoms with Gasteiger partial charge in [0.25, 0.3) is 5.56 Å². The Kier molecular flexibility index (Phi) is 5.31. The smallest absolute Gasteiger partial charge is 0.317 e. The van der Waals surface area contributed by atoms with Gasteiger partial charge in [-0.2, -0.15) is 0 Å². The van der Waals surface area contributed by atoms with Crippen LogP contribution in [0.5, 0.6) is 11.6 Å². The van der Waals surface area contributed by atoms with Crippen LogP contribution >= 0.6 is 11.6 Å². The molecule has 0 spiro atoms. The van der Waals surface area contributed by atoms with Crippen molar-refractivity contribution in [1.29, 1.82) is 0 Å². The maximum absolute atomic E-state index is 13.2. The van der Waals surface area contributed by atoms with Gasteiger partial charge in [-0.3, -0.25) is 14.3 Å². The molecule has 0 bridgehead atoms. The minimum atomic E-state index is -0.719. The zero-order chi connectivity index (χ0) is 20.6. The predicted molar refractivity (Wildman–Crippen MR) is 108 cm³/mol. The fraction of sp³-hybridized carbons (Fsp3) is 0.429. The average molecular weight is 403 g/mol. The highest BCUT2D eigenvalue weighted by atomic mass is 35.5. The van der Waals surface area contributed by atoms with Gasteiger partial charge in [-0.15, -0.1) is 5.92 Å². The van der Waals surface area contributed by atoms with E-state index in [0.717, 1.165) is 6.42 Å². The van der Waals surface area contributed by atoms with Crippen LogP contribution in [-0.4, -0.2) is 22.4 Å². The summed E-state index contributed by atoms with van der Waals surface area (Å²) in [5.41, 5.74) is 0.331. The fourth-order valence-electron chi connectivity index (χ4n) is 3.14. The largest absolute Gasteiger partial charge is 0.496 e. The molecule has 148 valence electrons. The van der Waals surface area contributed by atoms with E-state index in [1.807, 2.05) is 0 Å². The summed E-state index contributed by atoms with van der Waals surface area (Å²) in [5.74, 6) is 5.93.